The van der Waals surface area contributed by atoms with Gasteiger partial charge in [-0.05, 0) is 43.2 Å². The monoisotopic (exact) mass is 453 g/mol. The fourth-order valence-corrected chi connectivity index (χ4v) is 5.32. The van der Waals surface area contributed by atoms with E-state index >= 15 is 0 Å². The summed E-state index contributed by atoms with van der Waals surface area (Å²) in [7, 11) is 0. The Labute approximate surface area is 189 Å². The van der Waals surface area contributed by atoms with Crippen LogP contribution in [-0.2, 0) is 15.1 Å². The van der Waals surface area contributed by atoms with Crippen LogP contribution in [0.15, 0.2) is 47.4 Å². The topological polar surface area (TPSA) is 88.2 Å². The molecule has 5 rings (SSSR count). The van der Waals surface area contributed by atoms with E-state index in [1.807, 2.05) is 24.3 Å². The van der Waals surface area contributed by atoms with Gasteiger partial charge in [-0.15, -0.1) is 11.8 Å². The first-order valence-electron chi connectivity index (χ1n) is 10.5. The predicted molar refractivity (Wildman–Crippen MR) is 119 cm³/mol. The number of fused-ring (bicyclic) bond motifs is 2. The van der Waals surface area contributed by atoms with Crippen molar-refractivity contribution >= 4 is 35.3 Å². The Bertz CT molecular complexity index is 1120. The van der Waals surface area contributed by atoms with E-state index < -0.39 is 17.5 Å². The first-order valence-corrected chi connectivity index (χ1v) is 11.3. The van der Waals surface area contributed by atoms with Crippen molar-refractivity contribution in [2.75, 3.05) is 24.8 Å². The average molecular weight is 454 g/mol. The van der Waals surface area contributed by atoms with Crippen LogP contribution in [0.1, 0.15) is 25.8 Å². The number of thioether (sulfide) groups is 1. The summed E-state index contributed by atoms with van der Waals surface area (Å²) in [4.78, 5) is 43.0. The molecule has 4 amide bonds. The van der Waals surface area contributed by atoms with Crippen LogP contribution in [0.5, 0.6) is 11.5 Å². The first-order chi connectivity index (χ1) is 15.4. The second-order valence-electron chi connectivity index (χ2n) is 8.24. The van der Waals surface area contributed by atoms with Gasteiger partial charge in [0.05, 0.1) is 5.69 Å². The molecule has 9 heteroatoms. The summed E-state index contributed by atoms with van der Waals surface area (Å²) in [6.07, 6.45) is 0.820. The number of para-hydroxylation sites is 1. The molecule has 3 heterocycles. The number of rotatable bonds is 3. The van der Waals surface area contributed by atoms with Crippen molar-refractivity contribution in [3.8, 4) is 11.5 Å². The Hall–Kier alpha value is -3.20. The zero-order valence-corrected chi connectivity index (χ0v) is 18.6. The predicted octanol–water partition coefficient (Wildman–Crippen LogP) is 3.10. The maximum Gasteiger partial charge on any atom is 0.325 e. The van der Waals surface area contributed by atoms with Crippen molar-refractivity contribution in [2.45, 2.75) is 36.0 Å². The number of hydrogen-bond acceptors (Lipinski definition) is 6. The molecule has 8 nitrogen and oxygen atoms in total. The highest BCUT2D eigenvalue weighted by molar-refractivity contribution is 8.00. The van der Waals surface area contributed by atoms with Crippen molar-refractivity contribution in [1.29, 1.82) is 0 Å². The van der Waals surface area contributed by atoms with Crippen molar-refractivity contribution in [1.82, 2.24) is 10.2 Å². The molecule has 0 radical (unpaired) electrons. The van der Waals surface area contributed by atoms with Crippen molar-refractivity contribution in [3.63, 3.8) is 0 Å². The minimum Gasteiger partial charge on any atom is -0.454 e. The van der Waals surface area contributed by atoms with Crippen LogP contribution in [0.25, 0.3) is 0 Å². The number of urea groups is 1. The largest absolute Gasteiger partial charge is 0.454 e. The van der Waals surface area contributed by atoms with Crippen LogP contribution in [0.4, 0.5) is 10.5 Å². The number of benzene rings is 2. The van der Waals surface area contributed by atoms with Crippen LogP contribution in [0.3, 0.4) is 0 Å². The fourth-order valence-electron chi connectivity index (χ4n) is 4.21. The van der Waals surface area contributed by atoms with E-state index in [9.17, 15) is 14.4 Å². The number of ether oxygens (including phenoxy) is 2. The van der Waals surface area contributed by atoms with E-state index in [4.69, 9.17) is 9.47 Å². The Balaban J connectivity index is 1.39. The van der Waals surface area contributed by atoms with Gasteiger partial charge >= 0.3 is 6.03 Å². The quantitative estimate of drug-likeness (QED) is 0.719. The third-order valence-electron chi connectivity index (χ3n) is 6.06. The van der Waals surface area contributed by atoms with Gasteiger partial charge in [0.1, 0.15) is 12.1 Å². The van der Waals surface area contributed by atoms with E-state index in [1.54, 1.807) is 41.8 Å². The van der Waals surface area contributed by atoms with Gasteiger partial charge in [-0.25, -0.2) is 4.79 Å². The standard InChI is InChI=1S/C23H23N3O5S/c1-14-9-10-25(16-5-3-4-6-19(16)32-14)20(27)12-26-21(28)23(2,24-22(26)29)15-7-8-17-18(11-15)31-13-30-17/h3-8,11,14H,9-10,12-13H2,1-2H3,(H,24,29)/t14-,23+/m0/s1. The van der Waals surface area contributed by atoms with Gasteiger partial charge < -0.3 is 19.7 Å². The molecule has 0 aromatic heterocycles. The second kappa shape index (κ2) is 7.74. The molecular weight excluding hydrogens is 430 g/mol. The molecule has 0 unspecified atom stereocenters. The molecule has 2 aromatic carbocycles. The second-order valence-corrected chi connectivity index (χ2v) is 9.73. The number of anilines is 1. The van der Waals surface area contributed by atoms with E-state index in [0.717, 1.165) is 21.9 Å². The highest BCUT2D eigenvalue weighted by atomic mass is 32.2. The summed E-state index contributed by atoms with van der Waals surface area (Å²) >= 11 is 1.73. The van der Waals surface area contributed by atoms with E-state index in [2.05, 4.69) is 12.2 Å². The van der Waals surface area contributed by atoms with E-state index in [1.165, 1.54) is 0 Å². The number of amides is 4. The number of nitrogens with zero attached hydrogens (tertiary/aromatic N) is 2. The van der Waals surface area contributed by atoms with E-state index in [0.29, 0.717) is 28.9 Å². The maximum absolute atomic E-state index is 13.3. The van der Waals surface area contributed by atoms with E-state index in [-0.39, 0.29) is 19.2 Å². The Morgan fingerprint density at radius 3 is 2.81 bits per heavy atom. The molecule has 1 N–H and O–H groups in total. The van der Waals surface area contributed by atoms with Gasteiger partial charge in [0, 0.05) is 16.7 Å². The number of imide groups is 1. The van der Waals surface area contributed by atoms with Gasteiger partial charge in [-0.2, -0.15) is 0 Å². The minimum absolute atomic E-state index is 0.116. The molecular formula is C23H23N3O5S. The minimum atomic E-state index is -1.29. The molecule has 0 spiro atoms. The van der Waals surface area contributed by atoms with Gasteiger partial charge in [0.15, 0.2) is 11.5 Å². The zero-order chi connectivity index (χ0) is 22.5. The Morgan fingerprint density at radius 1 is 1.19 bits per heavy atom. The molecule has 32 heavy (non-hydrogen) atoms. The number of carbonyl (C=O) groups excluding carboxylic acids is 3. The third kappa shape index (κ3) is 3.37. The van der Waals surface area contributed by atoms with Crippen LogP contribution >= 0.6 is 11.8 Å². The number of nitrogens with one attached hydrogen (secondary N) is 1. The zero-order valence-electron chi connectivity index (χ0n) is 17.8. The summed E-state index contributed by atoms with van der Waals surface area (Å²) in [5, 5.41) is 3.11. The molecule has 0 saturated carbocycles. The van der Waals surface area contributed by atoms with Crippen LogP contribution < -0.4 is 19.7 Å². The average Bonchev–Trinajstić information content (AvgIpc) is 3.27. The molecule has 1 fully saturated rings. The molecule has 3 aliphatic heterocycles. The molecule has 0 aliphatic carbocycles. The van der Waals surface area contributed by atoms with Crippen molar-refractivity contribution in [3.05, 3.63) is 48.0 Å². The van der Waals surface area contributed by atoms with Gasteiger partial charge in [0.25, 0.3) is 5.91 Å². The summed E-state index contributed by atoms with van der Waals surface area (Å²) < 4.78 is 10.7. The lowest BCUT2D eigenvalue weighted by Gasteiger charge is -2.25. The summed E-state index contributed by atoms with van der Waals surface area (Å²) in [5.41, 5.74) is 0.0946. The highest BCUT2D eigenvalue weighted by Crippen LogP contribution is 2.39. The van der Waals surface area contributed by atoms with Gasteiger partial charge in [-0.1, -0.05) is 25.1 Å². The molecule has 2 aromatic rings. The molecule has 1 saturated heterocycles. The highest BCUT2D eigenvalue weighted by Gasteiger charge is 2.50. The van der Waals surface area contributed by atoms with Crippen LogP contribution in [-0.4, -0.2) is 47.9 Å². The van der Waals surface area contributed by atoms with Crippen LogP contribution in [0.2, 0.25) is 0 Å². The molecule has 166 valence electrons. The fraction of sp³-hybridized carbons (Fsp3) is 0.348. The van der Waals surface area contributed by atoms with Crippen molar-refractivity contribution < 1.29 is 23.9 Å². The lowest BCUT2D eigenvalue weighted by atomic mass is 9.91. The smallest absolute Gasteiger partial charge is 0.325 e. The Morgan fingerprint density at radius 2 is 1.97 bits per heavy atom. The van der Waals surface area contributed by atoms with Gasteiger partial charge in [-0.3, -0.25) is 14.5 Å². The number of hydrogen-bond donors (Lipinski definition) is 1. The summed E-state index contributed by atoms with van der Waals surface area (Å²) in [5.74, 6) is 0.354. The Kier molecular flexibility index (Phi) is 5.00. The lowest BCUT2D eigenvalue weighted by molar-refractivity contribution is -0.134. The normalized spacial score (nSPS) is 24.2. The third-order valence-corrected chi connectivity index (χ3v) is 7.30. The number of carbonyl (C=O) groups is 3. The SMILES string of the molecule is C[C@H]1CCN(C(=O)CN2C(=O)N[C@](C)(c3ccc4c(c3)OCO4)C2=O)c2ccccc2S1. The summed E-state index contributed by atoms with van der Waals surface area (Å²) in [6, 6.07) is 12.3. The molecule has 2 atom stereocenters. The van der Waals surface area contributed by atoms with Crippen LogP contribution in [0, 0.1) is 0 Å². The van der Waals surface area contributed by atoms with Crippen molar-refractivity contribution in [2.24, 2.45) is 0 Å². The molecule has 3 aliphatic rings. The molecule has 0 bridgehead atoms. The lowest BCUT2D eigenvalue weighted by Crippen LogP contribution is -2.45. The maximum atomic E-state index is 13.3. The van der Waals surface area contributed by atoms with Gasteiger partial charge in [0.2, 0.25) is 12.7 Å². The summed E-state index contributed by atoms with van der Waals surface area (Å²) in [6.45, 7) is 4.09. The first kappa shape index (κ1) is 20.7.